The van der Waals surface area contributed by atoms with Gasteiger partial charge in [0.2, 0.25) is 0 Å². The molecule has 0 saturated carbocycles. The topological polar surface area (TPSA) is 64.3 Å². The molecule has 100 valence electrons. The van der Waals surface area contributed by atoms with Crippen LogP contribution in [0, 0.1) is 0 Å². The summed E-state index contributed by atoms with van der Waals surface area (Å²) in [5.41, 5.74) is 7.01. The van der Waals surface area contributed by atoms with Gasteiger partial charge in [-0.25, -0.2) is 0 Å². The molecule has 0 fully saturated rings. The van der Waals surface area contributed by atoms with Gasteiger partial charge in [0.05, 0.1) is 0 Å². The molecule has 1 amide bonds. The van der Waals surface area contributed by atoms with Gasteiger partial charge in [0.25, 0.3) is 5.91 Å². The Bertz CT molecular complexity index is 376. The predicted octanol–water partition coefficient (Wildman–Crippen LogP) is 2.00. The summed E-state index contributed by atoms with van der Waals surface area (Å²) in [6.45, 7) is 6.27. The van der Waals surface area contributed by atoms with Gasteiger partial charge >= 0.3 is 0 Å². The molecule has 1 rings (SSSR count). The fourth-order valence-corrected chi connectivity index (χ4v) is 1.60. The van der Waals surface area contributed by atoms with Gasteiger partial charge in [0, 0.05) is 12.6 Å². The van der Waals surface area contributed by atoms with E-state index >= 15 is 0 Å². The van der Waals surface area contributed by atoms with Crippen molar-refractivity contribution in [1.29, 1.82) is 0 Å². The van der Waals surface area contributed by atoms with Gasteiger partial charge in [-0.05, 0) is 38.0 Å². The second-order valence-electron chi connectivity index (χ2n) is 4.24. The lowest BCUT2D eigenvalue weighted by molar-refractivity contribution is -0.127. The number of nitrogens with one attached hydrogen (secondary N) is 1. The van der Waals surface area contributed by atoms with Crippen molar-refractivity contribution >= 4 is 5.91 Å². The van der Waals surface area contributed by atoms with E-state index in [0.717, 1.165) is 12.0 Å². The standard InChI is InChI=1S/C14H22N2O2/c1-4-13(15)11-6-8-12(9-7-11)18-10(3)14(17)16-5-2/h6-10,13H,4-5,15H2,1-3H3,(H,16,17)/t10?,13-/m1/s1. The van der Waals surface area contributed by atoms with E-state index in [1.807, 2.05) is 38.1 Å². The number of benzene rings is 1. The monoisotopic (exact) mass is 250 g/mol. The van der Waals surface area contributed by atoms with Gasteiger partial charge in [-0.3, -0.25) is 4.79 Å². The van der Waals surface area contributed by atoms with E-state index < -0.39 is 6.10 Å². The van der Waals surface area contributed by atoms with Crippen molar-refractivity contribution in [2.24, 2.45) is 5.73 Å². The van der Waals surface area contributed by atoms with Crippen LogP contribution in [0.25, 0.3) is 0 Å². The average molecular weight is 250 g/mol. The number of ether oxygens (including phenoxy) is 1. The highest BCUT2D eigenvalue weighted by atomic mass is 16.5. The third-order valence-electron chi connectivity index (χ3n) is 2.78. The Kier molecular flexibility index (Phi) is 5.65. The second-order valence-corrected chi connectivity index (χ2v) is 4.24. The first-order valence-corrected chi connectivity index (χ1v) is 6.38. The molecule has 18 heavy (non-hydrogen) atoms. The largest absolute Gasteiger partial charge is 0.481 e. The third kappa shape index (κ3) is 4.04. The Labute approximate surface area is 109 Å². The molecule has 1 aromatic rings. The van der Waals surface area contributed by atoms with Crippen LogP contribution in [-0.2, 0) is 4.79 Å². The van der Waals surface area contributed by atoms with Crippen LogP contribution in [0.15, 0.2) is 24.3 Å². The van der Waals surface area contributed by atoms with E-state index in [4.69, 9.17) is 10.5 Å². The Morgan fingerprint density at radius 2 is 1.94 bits per heavy atom. The van der Waals surface area contributed by atoms with E-state index in [0.29, 0.717) is 12.3 Å². The Morgan fingerprint density at radius 3 is 2.44 bits per heavy atom. The zero-order valence-corrected chi connectivity index (χ0v) is 11.3. The number of amides is 1. The molecule has 0 aliphatic rings. The van der Waals surface area contributed by atoms with Gasteiger partial charge in [0.1, 0.15) is 5.75 Å². The molecule has 0 bridgehead atoms. The van der Waals surface area contributed by atoms with Crippen molar-refractivity contribution in [3.05, 3.63) is 29.8 Å². The van der Waals surface area contributed by atoms with Gasteiger partial charge in [-0.15, -0.1) is 0 Å². The van der Waals surface area contributed by atoms with Gasteiger partial charge < -0.3 is 15.8 Å². The minimum Gasteiger partial charge on any atom is -0.481 e. The van der Waals surface area contributed by atoms with Crippen LogP contribution in [0.2, 0.25) is 0 Å². The summed E-state index contributed by atoms with van der Waals surface area (Å²) in [5, 5.41) is 2.72. The fraction of sp³-hybridized carbons (Fsp3) is 0.500. The van der Waals surface area contributed by atoms with Crippen LogP contribution in [0.5, 0.6) is 5.75 Å². The van der Waals surface area contributed by atoms with Crippen LogP contribution < -0.4 is 15.8 Å². The van der Waals surface area contributed by atoms with Crippen LogP contribution in [0.4, 0.5) is 0 Å². The molecule has 1 unspecified atom stereocenters. The van der Waals surface area contributed by atoms with Crippen molar-refractivity contribution in [2.45, 2.75) is 39.3 Å². The van der Waals surface area contributed by atoms with Gasteiger partial charge in [0.15, 0.2) is 6.10 Å². The van der Waals surface area contributed by atoms with E-state index in [2.05, 4.69) is 5.32 Å². The number of hydrogen-bond acceptors (Lipinski definition) is 3. The van der Waals surface area contributed by atoms with E-state index in [-0.39, 0.29) is 11.9 Å². The summed E-state index contributed by atoms with van der Waals surface area (Å²) < 4.78 is 5.54. The lowest BCUT2D eigenvalue weighted by Crippen LogP contribution is -2.36. The molecule has 4 nitrogen and oxygen atoms in total. The Morgan fingerprint density at radius 1 is 1.33 bits per heavy atom. The Balaban J connectivity index is 2.60. The number of hydrogen-bond donors (Lipinski definition) is 2. The molecule has 0 heterocycles. The molecular weight excluding hydrogens is 228 g/mol. The predicted molar refractivity (Wildman–Crippen MR) is 72.4 cm³/mol. The maximum Gasteiger partial charge on any atom is 0.260 e. The molecule has 0 aliphatic carbocycles. The Hall–Kier alpha value is -1.55. The fourth-order valence-electron chi connectivity index (χ4n) is 1.60. The number of carbonyl (C=O) groups excluding carboxylic acids is 1. The molecule has 0 saturated heterocycles. The van der Waals surface area contributed by atoms with Crippen molar-refractivity contribution in [3.8, 4) is 5.75 Å². The average Bonchev–Trinajstić information content (AvgIpc) is 2.39. The summed E-state index contributed by atoms with van der Waals surface area (Å²) in [6.07, 6.45) is 0.408. The minimum atomic E-state index is -0.490. The maximum absolute atomic E-state index is 11.5. The van der Waals surface area contributed by atoms with Crippen LogP contribution in [-0.4, -0.2) is 18.6 Å². The van der Waals surface area contributed by atoms with E-state index in [1.54, 1.807) is 6.92 Å². The summed E-state index contributed by atoms with van der Waals surface area (Å²) in [6, 6.07) is 7.63. The van der Waals surface area contributed by atoms with Crippen LogP contribution >= 0.6 is 0 Å². The van der Waals surface area contributed by atoms with Crippen molar-refractivity contribution in [2.75, 3.05) is 6.54 Å². The molecule has 4 heteroatoms. The quantitative estimate of drug-likeness (QED) is 0.811. The molecular formula is C14H22N2O2. The summed E-state index contributed by atoms with van der Waals surface area (Å²) in [5.74, 6) is 0.577. The normalized spacial score (nSPS) is 13.8. The second kappa shape index (κ2) is 7.01. The molecule has 1 aromatic carbocycles. The SMILES string of the molecule is CCNC(=O)C(C)Oc1ccc([C@H](N)CC)cc1. The molecule has 0 spiro atoms. The molecule has 0 aliphatic heterocycles. The highest BCUT2D eigenvalue weighted by molar-refractivity contribution is 5.80. The molecule has 3 N–H and O–H groups in total. The molecule has 0 radical (unpaired) electrons. The number of carbonyl (C=O) groups is 1. The highest BCUT2D eigenvalue weighted by Crippen LogP contribution is 2.19. The van der Waals surface area contributed by atoms with Crippen molar-refractivity contribution < 1.29 is 9.53 Å². The van der Waals surface area contributed by atoms with E-state index in [1.165, 1.54) is 0 Å². The molecule has 2 atom stereocenters. The van der Waals surface area contributed by atoms with Gasteiger partial charge in [-0.1, -0.05) is 19.1 Å². The highest BCUT2D eigenvalue weighted by Gasteiger charge is 2.13. The first-order valence-electron chi connectivity index (χ1n) is 6.38. The molecule has 0 aromatic heterocycles. The lowest BCUT2D eigenvalue weighted by Gasteiger charge is -2.15. The van der Waals surface area contributed by atoms with Crippen LogP contribution in [0.1, 0.15) is 38.8 Å². The van der Waals surface area contributed by atoms with Gasteiger partial charge in [-0.2, -0.15) is 0 Å². The summed E-state index contributed by atoms with van der Waals surface area (Å²) in [7, 11) is 0. The van der Waals surface area contributed by atoms with E-state index in [9.17, 15) is 4.79 Å². The van der Waals surface area contributed by atoms with Crippen molar-refractivity contribution in [3.63, 3.8) is 0 Å². The number of rotatable bonds is 6. The summed E-state index contributed by atoms with van der Waals surface area (Å²) in [4.78, 5) is 11.5. The number of nitrogens with two attached hydrogens (primary N) is 1. The lowest BCUT2D eigenvalue weighted by atomic mass is 10.1. The smallest absolute Gasteiger partial charge is 0.260 e. The minimum absolute atomic E-state index is 0.0554. The summed E-state index contributed by atoms with van der Waals surface area (Å²) >= 11 is 0. The first kappa shape index (κ1) is 14.5. The maximum atomic E-state index is 11.5. The van der Waals surface area contributed by atoms with Crippen LogP contribution in [0.3, 0.4) is 0 Å². The number of likely N-dealkylation sites (N-methyl/N-ethyl adjacent to an activating group) is 1. The van der Waals surface area contributed by atoms with Crippen molar-refractivity contribution in [1.82, 2.24) is 5.32 Å². The zero-order chi connectivity index (χ0) is 13.5. The first-order chi connectivity index (χ1) is 8.58. The third-order valence-corrected chi connectivity index (χ3v) is 2.78. The zero-order valence-electron chi connectivity index (χ0n) is 11.3.